The smallest absolute Gasteiger partial charge is 0.0221 e. The van der Waals surface area contributed by atoms with Crippen LogP contribution < -0.4 is 0 Å². The molecule has 1 nitrogen and oxygen atoms in total. The van der Waals surface area contributed by atoms with Gasteiger partial charge < -0.3 is 5.11 Å². The molecule has 0 spiro atoms. The molecule has 0 aliphatic carbocycles. The third-order valence-electron chi connectivity index (χ3n) is 2.55. The summed E-state index contributed by atoms with van der Waals surface area (Å²) in [4.78, 5) is 0. The van der Waals surface area contributed by atoms with Crippen LogP contribution in [-0.4, -0.2) is 5.11 Å². The Balaban J connectivity index is 0.00000361. The van der Waals surface area contributed by atoms with E-state index in [2.05, 4.69) is 59.8 Å². The van der Waals surface area contributed by atoms with Gasteiger partial charge in [0.1, 0.15) is 0 Å². The first-order valence-corrected chi connectivity index (χ1v) is 6.70. The number of hydrogen-bond donors (Lipinski definition) is 1. The summed E-state index contributed by atoms with van der Waals surface area (Å²) in [7, 11) is 0. The second-order valence-electron chi connectivity index (χ2n) is 7.11. The molecule has 0 fully saturated rings. The Hall–Kier alpha value is -0.396. The van der Waals surface area contributed by atoms with E-state index in [1.165, 1.54) is 0 Å². The first kappa shape index (κ1) is 19.6. The molecule has 0 atom stereocenters. The van der Waals surface area contributed by atoms with E-state index >= 15 is 0 Å². The maximum atomic E-state index is 10.3. The Kier molecular flexibility index (Phi) is 7.42. The standard InChI is InChI=1S/C18H25O.Y/c1-17(2,3)12-10-14-8-7-9-15(16(14)19)11-13-18(4,5)6;/h8-13,19H,1-6H3;/q-1;/b12-10+,13-11+;. The monoisotopic (exact) mass is 346 g/mol. The van der Waals surface area contributed by atoms with Gasteiger partial charge in [-0.25, -0.2) is 0 Å². The van der Waals surface area contributed by atoms with Gasteiger partial charge in [0.15, 0.2) is 0 Å². The number of aromatic hydroxyl groups is 1. The molecule has 2 heteroatoms. The number of hydrogen-bond acceptors (Lipinski definition) is 1. The predicted octanol–water partition coefficient (Wildman–Crippen LogP) is 5.31. The van der Waals surface area contributed by atoms with Crippen molar-refractivity contribution in [3.8, 4) is 5.75 Å². The molecule has 0 unspecified atom stereocenters. The maximum Gasteiger partial charge on any atom is 0.0221 e. The van der Waals surface area contributed by atoms with Crippen molar-refractivity contribution in [2.24, 2.45) is 10.8 Å². The molecule has 1 radical (unpaired) electrons. The Morgan fingerprint density at radius 1 is 0.850 bits per heavy atom. The molecule has 0 heterocycles. The van der Waals surface area contributed by atoms with Crippen molar-refractivity contribution in [1.82, 2.24) is 0 Å². The van der Waals surface area contributed by atoms with Crippen molar-refractivity contribution in [3.05, 3.63) is 41.5 Å². The summed E-state index contributed by atoms with van der Waals surface area (Å²) >= 11 is 0. The topological polar surface area (TPSA) is 20.2 Å². The van der Waals surface area contributed by atoms with E-state index in [1.54, 1.807) is 0 Å². The summed E-state index contributed by atoms with van der Waals surface area (Å²) in [5.41, 5.74) is 1.82. The van der Waals surface area contributed by atoms with Crippen molar-refractivity contribution in [1.29, 1.82) is 0 Å². The van der Waals surface area contributed by atoms with Gasteiger partial charge >= 0.3 is 0 Å². The zero-order chi connectivity index (χ0) is 14.7. The normalized spacial score (nSPS) is 12.9. The number of phenolic OH excluding ortho intramolecular Hbond substituents is 1. The zero-order valence-corrected chi connectivity index (χ0v) is 16.3. The van der Waals surface area contributed by atoms with E-state index in [1.807, 2.05) is 24.3 Å². The van der Waals surface area contributed by atoms with Crippen LogP contribution in [0.5, 0.6) is 5.75 Å². The Bertz CT molecular complexity index is 443. The minimum atomic E-state index is 0. The van der Waals surface area contributed by atoms with E-state index in [0.717, 1.165) is 11.1 Å². The second-order valence-corrected chi connectivity index (χ2v) is 7.11. The fraction of sp³-hybridized carbons (Fsp3) is 0.444. The molecular weight excluding hydrogens is 321 g/mol. The van der Waals surface area contributed by atoms with Gasteiger partial charge in [0, 0.05) is 38.5 Å². The predicted molar refractivity (Wildman–Crippen MR) is 83.9 cm³/mol. The van der Waals surface area contributed by atoms with Crippen LogP contribution in [0.3, 0.4) is 0 Å². The average molecular weight is 346 g/mol. The van der Waals surface area contributed by atoms with Crippen molar-refractivity contribution < 1.29 is 37.8 Å². The second kappa shape index (κ2) is 7.57. The largest absolute Gasteiger partial charge is 0.532 e. The number of rotatable bonds is 2. The molecule has 20 heavy (non-hydrogen) atoms. The SMILES string of the molecule is CC(C)(C)/C=C/c1c[c-]cc(/C=C/C(C)(C)C)c1O.[Y]. The quantitative estimate of drug-likeness (QED) is 0.720. The van der Waals surface area contributed by atoms with Crippen LogP contribution in [-0.2, 0) is 32.7 Å². The van der Waals surface area contributed by atoms with Crippen molar-refractivity contribution in [2.75, 3.05) is 0 Å². The van der Waals surface area contributed by atoms with E-state index < -0.39 is 0 Å². The number of allylic oxidation sites excluding steroid dienone is 2. The third kappa shape index (κ3) is 7.40. The molecule has 0 amide bonds. The fourth-order valence-electron chi connectivity index (χ4n) is 1.46. The van der Waals surface area contributed by atoms with E-state index in [-0.39, 0.29) is 43.5 Å². The molecule has 1 aromatic carbocycles. The van der Waals surface area contributed by atoms with Crippen LogP contribution >= 0.6 is 0 Å². The molecule has 1 N–H and O–H groups in total. The van der Waals surface area contributed by atoms with Gasteiger partial charge in [-0.05, 0) is 10.8 Å². The van der Waals surface area contributed by atoms with Gasteiger partial charge in [0.25, 0.3) is 0 Å². The fourth-order valence-corrected chi connectivity index (χ4v) is 1.46. The number of phenols is 1. The van der Waals surface area contributed by atoms with E-state index in [9.17, 15) is 5.11 Å². The minimum absolute atomic E-state index is 0. The summed E-state index contributed by atoms with van der Waals surface area (Å²) in [5, 5.41) is 10.3. The number of benzene rings is 1. The van der Waals surface area contributed by atoms with Crippen LogP contribution in [0, 0.1) is 16.9 Å². The van der Waals surface area contributed by atoms with Crippen molar-refractivity contribution in [3.63, 3.8) is 0 Å². The summed E-state index contributed by atoms with van der Waals surface area (Å²) in [5.74, 6) is 0.319. The third-order valence-corrected chi connectivity index (χ3v) is 2.55. The minimum Gasteiger partial charge on any atom is -0.532 e. The van der Waals surface area contributed by atoms with Gasteiger partial charge in [-0.1, -0.05) is 64.8 Å². The van der Waals surface area contributed by atoms with Crippen molar-refractivity contribution >= 4 is 12.2 Å². The van der Waals surface area contributed by atoms with Crippen LogP contribution in [0.1, 0.15) is 52.7 Å². The molecule has 1 rings (SSSR count). The molecular formula is C18H25OY-. The van der Waals surface area contributed by atoms with Gasteiger partial charge in [-0.15, -0.1) is 12.2 Å². The maximum absolute atomic E-state index is 10.3. The molecule has 0 saturated heterocycles. The summed E-state index contributed by atoms with van der Waals surface area (Å²) in [6, 6.07) is 6.70. The Morgan fingerprint density at radius 2 is 1.20 bits per heavy atom. The Morgan fingerprint density at radius 3 is 1.50 bits per heavy atom. The molecule has 107 valence electrons. The van der Waals surface area contributed by atoms with Gasteiger partial charge in [0.05, 0.1) is 0 Å². The summed E-state index contributed by atoms with van der Waals surface area (Å²) in [6.45, 7) is 12.8. The molecule has 0 bridgehead atoms. The van der Waals surface area contributed by atoms with Gasteiger partial charge in [-0.2, -0.15) is 18.2 Å². The van der Waals surface area contributed by atoms with Crippen LogP contribution in [0.15, 0.2) is 24.3 Å². The first-order valence-electron chi connectivity index (χ1n) is 6.70. The van der Waals surface area contributed by atoms with Gasteiger partial charge in [-0.3, -0.25) is 0 Å². The first-order chi connectivity index (χ1) is 8.58. The van der Waals surface area contributed by atoms with Crippen molar-refractivity contribution in [2.45, 2.75) is 41.5 Å². The van der Waals surface area contributed by atoms with E-state index in [4.69, 9.17) is 0 Å². The van der Waals surface area contributed by atoms with Crippen LogP contribution in [0.25, 0.3) is 12.2 Å². The van der Waals surface area contributed by atoms with Gasteiger partial charge in [0.2, 0.25) is 0 Å². The molecule has 1 aromatic rings. The van der Waals surface area contributed by atoms with E-state index in [0.29, 0.717) is 5.75 Å². The zero-order valence-electron chi connectivity index (χ0n) is 13.5. The summed E-state index contributed by atoms with van der Waals surface area (Å²) in [6.07, 6.45) is 8.10. The molecule has 0 aliphatic heterocycles. The van der Waals surface area contributed by atoms with Crippen LogP contribution in [0.4, 0.5) is 0 Å². The molecule has 0 saturated carbocycles. The molecule has 0 aromatic heterocycles. The van der Waals surface area contributed by atoms with Crippen LogP contribution in [0.2, 0.25) is 0 Å². The molecule has 0 aliphatic rings. The average Bonchev–Trinajstić information content (AvgIpc) is 2.23. The Labute approximate surface area is 149 Å². The summed E-state index contributed by atoms with van der Waals surface area (Å²) < 4.78 is 0.